The van der Waals surface area contributed by atoms with E-state index in [0.29, 0.717) is 50.6 Å². The van der Waals surface area contributed by atoms with Gasteiger partial charge in [-0.15, -0.1) is 0 Å². The molecular weight excluding hydrogens is 527 g/mol. The van der Waals surface area contributed by atoms with Crippen LogP contribution >= 0.6 is 7.60 Å². The molecule has 1 saturated heterocycles. The van der Waals surface area contributed by atoms with Crippen molar-refractivity contribution in [3.63, 3.8) is 0 Å². The van der Waals surface area contributed by atoms with E-state index in [1.807, 2.05) is 6.92 Å². The second-order valence-corrected chi connectivity index (χ2v) is 11.6. The van der Waals surface area contributed by atoms with E-state index >= 15 is 0 Å². The summed E-state index contributed by atoms with van der Waals surface area (Å²) in [6.45, 7) is 3.78. The molecular formula is C26H41N4O8P. The highest BCUT2D eigenvalue weighted by molar-refractivity contribution is 7.53. The topological polar surface area (TPSA) is 188 Å². The third-order valence-electron chi connectivity index (χ3n) is 6.62. The minimum Gasteiger partial charge on any atom is -0.480 e. The number of unbranched alkanes of at least 4 members (excludes halogenated alkanes) is 2. The van der Waals surface area contributed by atoms with Gasteiger partial charge in [0, 0.05) is 12.1 Å². The number of carbonyl (C=O) groups is 4. The lowest BCUT2D eigenvalue weighted by Crippen LogP contribution is -2.50. The summed E-state index contributed by atoms with van der Waals surface area (Å²) in [5, 5.41) is 14.6. The largest absolute Gasteiger partial charge is 0.480 e. The van der Waals surface area contributed by atoms with E-state index in [0.717, 1.165) is 4.90 Å². The van der Waals surface area contributed by atoms with Crippen LogP contribution in [0.25, 0.3) is 0 Å². The predicted octanol–water partition coefficient (Wildman–Crippen LogP) is 2.21. The highest BCUT2D eigenvalue weighted by Gasteiger charge is 2.41. The molecule has 0 bridgehead atoms. The molecule has 218 valence electrons. The third-order valence-corrected chi connectivity index (χ3v) is 8.41. The molecule has 3 amide bonds. The van der Waals surface area contributed by atoms with Crippen molar-refractivity contribution in [1.82, 2.24) is 15.5 Å². The van der Waals surface area contributed by atoms with Gasteiger partial charge in [-0.1, -0.05) is 38.0 Å². The lowest BCUT2D eigenvalue weighted by atomic mass is 10.1. The van der Waals surface area contributed by atoms with Gasteiger partial charge in [0.2, 0.25) is 5.91 Å². The van der Waals surface area contributed by atoms with Crippen LogP contribution in [0, 0.1) is 0 Å². The van der Waals surface area contributed by atoms with Gasteiger partial charge < -0.3 is 31.3 Å². The molecule has 0 spiro atoms. The van der Waals surface area contributed by atoms with Crippen molar-refractivity contribution in [3.8, 4) is 0 Å². The first kappa shape index (κ1) is 32.4. The van der Waals surface area contributed by atoms with E-state index in [2.05, 4.69) is 10.6 Å². The number of aliphatic carboxylic acids is 1. The normalized spacial score (nSPS) is 19.0. The highest BCUT2D eigenvalue weighted by atomic mass is 31.2. The average Bonchev–Trinajstić information content (AvgIpc) is 3.40. The van der Waals surface area contributed by atoms with E-state index in [1.54, 1.807) is 30.3 Å². The molecule has 2 unspecified atom stereocenters. The molecule has 1 aromatic carbocycles. The van der Waals surface area contributed by atoms with Crippen LogP contribution in [0.3, 0.4) is 0 Å². The molecule has 6 N–H and O–H groups in total. The van der Waals surface area contributed by atoms with Crippen molar-refractivity contribution in [2.24, 2.45) is 5.73 Å². The smallest absolute Gasteiger partial charge is 0.350 e. The fraction of sp³-hybridized carbons (Fsp3) is 0.615. The molecule has 2 rings (SSSR count). The molecule has 1 heterocycles. The van der Waals surface area contributed by atoms with Crippen LogP contribution in [0.15, 0.2) is 30.3 Å². The Morgan fingerprint density at radius 1 is 1.13 bits per heavy atom. The number of hydrogen-bond donors (Lipinski definition) is 5. The number of carbonyl (C=O) groups excluding carboxylic acids is 3. The van der Waals surface area contributed by atoms with E-state index in [1.165, 1.54) is 6.92 Å². The van der Waals surface area contributed by atoms with Gasteiger partial charge in [-0.3, -0.25) is 23.5 Å². The van der Waals surface area contributed by atoms with Gasteiger partial charge in [-0.2, -0.15) is 0 Å². The van der Waals surface area contributed by atoms with Gasteiger partial charge in [-0.05, 0) is 64.1 Å². The van der Waals surface area contributed by atoms with Crippen molar-refractivity contribution in [2.75, 3.05) is 13.1 Å². The van der Waals surface area contributed by atoms with Gasteiger partial charge in [0.1, 0.15) is 24.0 Å². The van der Waals surface area contributed by atoms with Gasteiger partial charge in [-0.25, -0.2) is 4.79 Å². The first-order valence-corrected chi connectivity index (χ1v) is 15.1. The number of hydrogen-bond acceptors (Lipinski definition) is 7. The maximum Gasteiger partial charge on any atom is 0.350 e. The summed E-state index contributed by atoms with van der Waals surface area (Å²) in [4.78, 5) is 62.4. The number of amides is 3. The molecule has 1 aliphatic rings. The molecule has 0 aromatic heterocycles. The lowest BCUT2D eigenvalue weighted by molar-refractivity contribution is -0.151. The molecule has 0 aliphatic carbocycles. The summed E-state index contributed by atoms with van der Waals surface area (Å²) in [5.74, 6) is -4.30. The van der Waals surface area contributed by atoms with Crippen molar-refractivity contribution in [1.29, 1.82) is 0 Å². The average molecular weight is 569 g/mol. The van der Waals surface area contributed by atoms with E-state index in [4.69, 9.17) is 10.3 Å². The van der Waals surface area contributed by atoms with Crippen LogP contribution in [0.5, 0.6) is 0 Å². The molecule has 0 saturated carbocycles. The molecule has 12 nitrogen and oxygen atoms in total. The maximum absolute atomic E-state index is 13.4. The second kappa shape index (κ2) is 15.7. The fourth-order valence-electron chi connectivity index (χ4n) is 4.44. The summed E-state index contributed by atoms with van der Waals surface area (Å²) in [5.41, 5.74) is 5.94. The van der Waals surface area contributed by atoms with Gasteiger partial charge in [0.15, 0.2) is 0 Å². The zero-order valence-corrected chi connectivity index (χ0v) is 23.5. The Kier molecular flexibility index (Phi) is 13.1. The number of nitrogens with two attached hydrogens (primary N) is 1. The monoisotopic (exact) mass is 568 g/mol. The van der Waals surface area contributed by atoms with Crippen LogP contribution in [-0.2, 0) is 23.5 Å². The Bertz CT molecular complexity index is 1020. The van der Waals surface area contributed by atoms with Gasteiger partial charge in [0.05, 0.1) is 0 Å². The first-order valence-electron chi connectivity index (χ1n) is 13.4. The SMILES string of the molecule is CCCC[C@@H](NC(=O)[C@H](CCCCN)NC(=O)c1ccccc1)P(=O)(O)OC(C)C(=O)N1CCC[C@H]1C(=O)O. The summed E-state index contributed by atoms with van der Waals surface area (Å²) >= 11 is 0. The zero-order valence-electron chi connectivity index (χ0n) is 22.6. The van der Waals surface area contributed by atoms with Crippen molar-refractivity contribution in [2.45, 2.75) is 89.2 Å². The maximum atomic E-state index is 13.4. The summed E-state index contributed by atoms with van der Waals surface area (Å²) in [7, 11) is -4.60. The number of benzene rings is 1. The van der Waals surface area contributed by atoms with Crippen molar-refractivity contribution in [3.05, 3.63) is 35.9 Å². The van der Waals surface area contributed by atoms with Gasteiger partial charge >= 0.3 is 13.6 Å². The lowest BCUT2D eigenvalue weighted by Gasteiger charge is -2.30. The number of likely N-dealkylation sites (tertiary alicyclic amines) is 1. The van der Waals surface area contributed by atoms with Crippen LogP contribution in [0.4, 0.5) is 0 Å². The van der Waals surface area contributed by atoms with Crippen LogP contribution in [0.2, 0.25) is 0 Å². The third kappa shape index (κ3) is 9.72. The Morgan fingerprint density at radius 3 is 2.44 bits per heavy atom. The predicted molar refractivity (Wildman–Crippen MR) is 145 cm³/mol. The fourth-order valence-corrected chi connectivity index (χ4v) is 5.93. The molecule has 0 radical (unpaired) electrons. The highest BCUT2D eigenvalue weighted by Crippen LogP contribution is 2.49. The number of nitrogens with zero attached hydrogens (tertiary/aromatic N) is 1. The minimum absolute atomic E-state index is 0.0978. The van der Waals surface area contributed by atoms with Crippen molar-refractivity contribution < 1.29 is 38.3 Å². The summed E-state index contributed by atoms with van der Waals surface area (Å²) in [6, 6.07) is 6.36. The van der Waals surface area contributed by atoms with E-state index < -0.39 is 55.3 Å². The van der Waals surface area contributed by atoms with Gasteiger partial charge in [0.25, 0.3) is 11.8 Å². The Morgan fingerprint density at radius 2 is 1.82 bits per heavy atom. The Labute approximate surface area is 229 Å². The minimum atomic E-state index is -4.60. The number of rotatable bonds is 16. The van der Waals surface area contributed by atoms with Crippen LogP contribution < -0.4 is 16.4 Å². The van der Waals surface area contributed by atoms with Crippen LogP contribution in [-0.4, -0.2) is 75.7 Å². The molecule has 1 aromatic rings. The Balaban J connectivity index is 2.16. The molecule has 1 aliphatic heterocycles. The summed E-state index contributed by atoms with van der Waals surface area (Å²) in [6.07, 6.45) is 2.07. The molecule has 39 heavy (non-hydrogen) atoms. The number of nitrogens with one attached hydrogen (secondary N) is 2. The summed E-state index contributed by atoms with van der Waals surface area (Å²) < 4.78 is 18.7. The van der Waals surface area contributed by atoms with Crippen molar-refractivity contribution >= 4 is 31.3 Å². The quantitative estimate of drug-likeness (QED) is 0.147. The molecule has 13 heteroatoms. The van der Waals surface area contributed by atoms with Crippen LogP contribution in [0.1, 0.15) is 75.6 Å². The van der Waals surface area contributed by atoms with E-state index in [-0.39, 0.29) is 19.4 Å². The standard InChI is InChI=1S/C26H41N4O8P/c1-3-4-15-22(39(36,37)38-18(2)25(33)30-17-10-14-21(30)26(34)35)29-24(32)20(13-8-9-16-27)28-23(31)19-11-6-5-7-12-19/h5-7,11-12,18,20-22H,3-4,8-10,13-17,27H2,1-2H3,(H,28,31)(H,29,32)(H,34,35)(H,36,37)/t18?,20-,21-,22-/m0/s1. The molecule has 5 atom stereocenters. The Hall–Kier alpha value is -2.79. The van der Waals surface area contributed by atoms with E-state index in [9.17, 15) is 33.7 Å². The number of carboxylic acid groups (broad SMARTS) is 1. The number of carboxylic acids is 1. The zero-order chi connectivity index (χ0) is 29.0. The molecule has 1 fully saturated rings. The first-order chi connectivity index (χ1) is 18.5. The second-order valence-electron chi connectivity index (χ2n) is 9.68.